The first kappa shape index (κ1) is 14.2. The number of hydrogen-bond donors (Lipinski definition) is 1. The third-order valence-electron chi connectivity index (χ3n) is 2.56. The Labute approximate surface area is 104 Å². The summed E-state index contributed by atoms with van der Waals surface area (Å²) >= 11 is 0. The lowest BCUT2D eigenvalue weighted by molar-refractivity contribution is 0.0616. The maximum absolute atomic E-state index is 5.46. The molecule has 0 saturated carbocycles. The number of hydrogen-bond acceptors (Lipinski definition) is 3. The molecule has 0 fully saturated rings. The van der Waals surface area contributed by atoms with E-state index in [0.717, 1.165) is 19.5 Å². The molecular formula is C14H23NO2. The molecule has 3 nitrogen and oxygen atoms in total. The summed E-state index contributed by atoms with van der Waals surface area (Å²) in [6.45, 7) is 6.17. The van der Waals surface area contributed by atoms with Crippen molar-refractivity contribution < 1.29 is 9.47 Å². The molecule has 0 aliphatic rings. The van der Waals surface area contributed by atoms with Crippen LogP contribution in [0.4, 0.5) is 0 Å². The van der Waals surface area contributed by atoms with Crippen LogP contribution in [-0.4, -0.2) is 33.4 Å². The molecule has 17 heavy (non-hydrogen) atoms. The summed E-state index contributed by atoms with van der Waals surface area (Å²) in [7, 11) is 1.68. The van der Waals surface area contributed by atoms with E-state index in [1.54, 1.807) is 7.11 Å². The van der Waals surface area contributed by atoms with Gasteiger partial charge in [0, 0.05) is 7.11 Å². The molecule has 3 heteroatoms. The first-order chi connectivity index (χ1) is 8.36. The molecule has 1 aromatic carbocycles. The minimum Gasteiger partial charge on any atom is -0.382 e. The van der Waals surface area contributed by atoms with Crippen molar-refractivity contribution >= 4 is 0 Å². The van der Waals surface area contributed by atoms with E-state index in [9.17, 15) is 0 Å². The molecule has 0 radical (unpaired) electrons. The molecule has 0 saturated heterocycles. The van der Waals surface area contributed by atoms with Crippen LogP contribution in [0, 0.1) is 0 Å². The van der Waals surface area contributed by atoms with Gasteiger partial charge in [-0.1, -0.05) is 31.2 Å². The molecule has 0 aliphatic heterocycles. The summed E-state index contributed by atoms with van der Waals surface area (Å²) in [5, 5.41) is 3.32. The van der Waals surface area contributed by atoms with Crippen LogP contribution in [0.15, 0.2) is 24.3 Å². The first-order valence-electron chi connectivity index (χ1n) is 6.22. The van der Waals surface area contributed by atoms with Crippen LogP contribution in [-0.2, 0) is 22.5 Å². The third kappa shape index (κ3) is 6.41. The molecule has 0 amide bonds. The Balaban J connectivity index is 2.24. The van der Waals surface area contributed by atoms with Gasteiger partial charge in [-0.05, 0) is 30.6 Å². The summed E-state index contributed by atoms with van der Waals surface area (Å²) in [5.41, 5.74) is 2.58. The summed E-state index contributed by atoms with van der Waals surface area (Å²) < 4.78 is 10.4. The molecule has 0 heterocycles. The van der Waals surface area contributed by atoms with Gasteiger partial charge in [0.15, 0.2) is 0 Å². The van der Waals surface area contributed by atoms with Crippen LogP contribution < -0.4 is 5.32 Å². The molecule has 1 rings (SSSR count). The lowest BCUT2D eigenvalue weighted by Crippen LogP contribution is -2.15. The number of rotatable bonds is 9. The van der Waals surface area contributed by atoms with Crippen LogP contribution in [0.25, 0.3) is 0 Å². The van der Waals surface area contributed by atoms with Gasteiger partial charge in [-0.15, -0.1) is 0 Å². The van der Waals surface area contributed by atoms with Gasteiger partial charge in [-0.3, -0.25) is 0 Å². The third-order valence-corrected chi connectivity index (χ3v) is 2.56. The molecule has 1 aromatic rings. The Morgan fingerprint density at radius 2 is 1.76 bits per heavy atom. The van der Waals surface area contributed by atoms with Crippen LogP contribution in [0.2, 0.25) is 0 Å². The standard InChI is InChI=1S/C14H23NO2/c1-3-15-9-8-13-4-6-14(7-5-13)12-17-11-10-16-2/h4-7,15H,3,8-12H2,1-2H3. The average Bonchev–Trinajstić information content (AvgIpc) is 2.37. The van der Waals surface area contributed by atoms with Crippen molar-refractivity contribution in [3.05, 3.63) is 35.4 Å². The first-order valence-corrected chi connectivity index (χ1v) is 6.22. The average molecular weight is 237 g/mol. The van der Waals surface area contributed by atoms with Gasteiger partial charge in [-0.25, -0.2) is 0 Å². The van der Waals surface area contributed by atoms with Crippen LogP contribution in [0.3, 0.4) is 0 Å². The zero-order valence-corrected chi connectivity index (χ0v) is 10.9. The fourth-order valence-corrected chi connectivity index (χ4v) is 1.54. The van der Waals surface area contributed by atoms with Crippen LogP contribution >= 0.6 is 0 Å². The lowest BCUT2D eigenvalue weighted by atomic mass is 10.1. The molecule has 0 bridgehead atoms. The van der Waals surface area contributed by atoms with Gasteiger partial charge in [0.1, 0.15) is 0 Å². The van der Waals surface area contributed by atoms with E-state index < -0.39 is 0 Å². The van der Waals surface area contributed by atoms with E-state index in [2.05, 4.69) is 36.5 Å². The lowest BCUT2D eigenvalue weighted by Gasteiger charge is -2.06. The summed E-state index contributed by atoms with van der Waals surface area (Å²) in [5.74, 6) is 0. The number of methoxy groups -OCH3 is 1. The highest BCUT2D eigenvalue weighted by atomic mass is 16.5. The number of nitrogens with one attached hydrogen (secondary N) is 1. The molecule has 0 spiro atoms. The fraction of sp³-hybridized carbons (Fsp3) is 0.571. The second-order valence-electron chi connectivity index (χ2n) is 3.97. The van der Waals surface area contributed by atoms with Crippen molar-refractivity contribution in [1.82, 2.24) is 5.32 Å². The van der Waals surface area contributed by atoms with Crippen molar-refractivity contribution in [3.8, 4) is 0 Å². The monoisotopic (exact) mass is 237 g/mol. The van der Waals surface area contributed by atoms with Crippen molar-refractivity contribution in [2.75, 3.05) is 33.4 Å². The van der Waals surface area contributed by atoms with E-state index in [1.165, 1.54) is 11.1 Å². The zero-order chi connectivity index (χ0) is 12.3. The predicted octanol–water partition coefficient (Wildman–Crippen LogP) is 2.00. The topological polar surface area (TPSA) is 30.5 Å². The fourth-order valence-electron chi connectivity index (χ4n) is 1.54. The van der Waals surface area contributed by atoms with Crippen molar-refractivity contribution in [1.29, 1.82) is 0 Å². The summed E-state index contributed by atoms with van der Waals surface area (Å²) in [6.07, 6.45) is 1.08. The molecule has 0 unspecified atom stereocenters. The van der Waals surface area contributed by atoms with Gasteiger partial charge in [0.2, 0.25) is 0 Å². The van der Waals surface area contributed by atoms with E-state index in [1.807, 2.05) is 0 Å². The van der Waals surface area contributed by atoms with Crippen LogP contribution in [0.5, 0.6) is 0 Å². The number of ether oxygens (including phenoxy) is 2. The van der Waals surface area contributed by atoms with Gasteiger partial charge in [-0.2, -0.15) is 0 Å². The van der Waals surface area contributed by atoms with E-state index >= 15 is 0 Å². The smallest absolute Gasteiger partial charge is 0.0718 e. The van der Waals surface area contributed by atoms with Gasteiger partial charge in [0.25, 0.3) is 0 Å². The Bertz CT molecular complexity index is 285. The van der Waals surface area contributed by atoms with Crippen molar-refractivity contribution in [3.63, 3.8) is 0 Å². The zero-order valence-electron chi connectivity index (χ0n) is 10.9. The Morgan fingerprint density at radius 1 is 1.06 bits per heavy atom. The molecular weight excluding hydrogens is 214 g/mol. The molecule has 0 aromatic heterocycles. The number of benzene rings is 1. The molecule has 0 aliphatic carbocycles. The van der Waals surface area contributed by atoms with Crippen molar-refractivity contribution in [2.24, 2.45) is 0 Å². The minimum atomic E-state index is 0.651. The molecule has 0 atom stereocenters. The van der Waals surface area contributed by atoms with E-state index in [0.29, 0.717) is 19.8 Å². The SMILES string of the molecule is CCNCCc1ccc(COCCOC)cc1. The Hall–Kier alpha value is -0.900. The highest BCUT2D eigenvalue weighted by Gasteiger charge is 1.95. The predicted molar refractivity (Wildman–Crippen MR) is 70.2 cm³/mol. The quantitative estimate of drug-likeness (QED) is 0.666. The minimum absolute atomic E-state index is 0.651. The van der Waals surface area contributed by atoms with Gasteiger partial charge >= 0.3 is 0 Å². The summed E-state index contributed by atoms with van der Waals surface area (Å²) in [6, 6.07) is 8.61. The largest absolute Gasteiger partial charge is 0.382 e. The van der Waals surface area contributed by atoms with Crippen molar-refractivity contribution in [2.45, 2.75) is 20.0 Å². The second kappa shape index (κ2) is 9.16. The van der Waals surface area contributed by atoms with E-state index in [4.69, 9.17) is 9.47 Å². The number of likely N-dealkylation sites (N-methyl/N-ethyl adjacent to an activating group) is 1. The van der Waals surface area contributed by atoms with Gasteiger partial charge in [0.05, 0.1) is 19.8 Å². The summed E-state index contributed by atoms with van der Waals surface area (Å²) in [4.78, 5) is 0. The van der Waals surface area contributed by atoms with E-state index in [-0.39, 0.29) is 0 Å². The highest BCUT2D eigenvalue weighted by molar-refractivity contribution is 5.22. The molecule has 96 valence electrons. The highest BCUT2D eigenvalue weighted by Crippen LogP contribution is 2.06. The maximum atomic E-state index is 5.46. The second-order valence-corrected chi connectivity index (χ2v) is 3.97. The van der Waals surface area contributed by atoms with Crippen LogP contribution in [0.1, 0.15) is 18.1 Å². The maximum Gasteiger partial charge on any atom is 0.0718 e. The molecule has 1 N–H and O–H groups in total. The Kier molecular flexibility index (Phi) is 7.63. The van der Waals surface area contributed by atoms with Gasteiger partial charge < -0.3 is 14.8 Å². The Morgan fingerprint density at radius 3 is 2.41 bits per heavy atom. The normalized spacial score (nSPS) is 10.7.